The first kappa shape index (κ1) is 13.5. The van der Waals surface area contributed by atoms with Crippen LogP contribution in [-0.4, -0.2) is 39.3 Å². The molecule has 0 aliphatic carbocycles. The maximum Gasteiger partial charge on any atom is 0.248 e. The number of nitrogens with one attached hydrogen (secondary N) is 1. The van der Waals surface area contributed by atoms with Crippen molar-refractivity contribution in [1.82, 2.24) is 5.32 Å². The Hall–Kier alpha value is -1.55. The molecule has 1 amide bonds. The molecule has 1 N–H and O–H groups in total. The van der Waals surface area contributed by atoms with Gasteiger partial charge in [0.2, 0.25) is 5.91 Å². The van der Waals surface area contributed by atoms with Crippen LogP contribution in [0.15, 0.2) is 30.3 Å². The van der Waals surface area contributed by atoms with Gasteiger partial charge < -0.3 is 15.0 Å². The zero-order valence-electron chi connectivity index (χ0n) is 10.6. The Balaban J connectivity index is 2.30. The lowest BCUT2D eigenvalue weighted by molar-refractivity contribution is -0.129. The Kier molecular flexibility index (Phi) is 5.49. The quantitative estimate of drug-likeness (QED) is 0.809. The lowest BCUT2D eigenvalue weighted by atomic mass is 10.3. The molecule has 0 aliphatic heterocycles. The summed E-state index contributed by atoms with van der Waals surface area (Å²) < 4.78 is 4.93. The lowest BCUT2D eigenvalue weighted by Gasteiger charge is -2.20. The summed E-state index contributed by atoms with van der Waals surface area (Å²) in [5.74, 6) is -0.0750. The Labute approximate surface area is 103 Å². The second kappa shape index (κ2) is 6.91. The molecule has 0 spiro atoms. The predicted octanol–water partition coefficient (Wildman–Crippen LogP) is 1.27. The Morgan fingerprint density at radius 1 is 1.41 bits per heavy atom. The monoisotopic (exact) mass is 236 g/mol. The van der Waals surface area contributed by atoms with E-state index < -0.39 is 6.10 Å². The molecule has 1 unspecified atom stereocenters. The minimum Gasteiger partial charge on any atom is -0.373 e. The van der Waals surface area contributed by atoms with Gasteiger partial charge in [0.15, 0.2) is 0 Å². The van der Waals surface area contributed by atoms with Gasteiger partial charge in [-0.1, -0.05) is 18.2 Å². The first-order chi connectivity index (χ1) is 8.15. The molecule has 4 heteroatoms. The SMILES string of the molecule is COC(C)C(=O)NCCN(C)c1ccccc1. The van der Waals surface area contributed by atoms with E-state index in [2.05, 4.69) is 10.2 Å². The van der Waals surface area contributed by atoms with Crippen LogP contribution >= 0.6 is 0 Å². The Morgan fingerprint density at radius 2 is 2.06 bits per heavy atom. The number of carbonyl (C=O) groups is 1. The van der Waals surface area contributed by atoms with Crippen LogP contribution in [0.3, 0.4) is 0 Å². The van der Waals surface area contributed by atoms with E-state index in [0.717, 1.165) is 12.2 Å². The van der Waals surface area contributed by atoms with Crippen molar-refractivity contribution in [3.63, 3.8) is 0 Å². The van der Waals surface area contributed by atoms with Crippen molar-refractivity contribution in [2.24, 2.45) is 0 Å². The maximum atomic E-state index is 11.4. The molecule has 1 rings (SSSR count). The van der Waals surface area contributed by atoms with E-state index in [9.17, 15) is 4.79 Å². The number of nitrogens with zero attached hydrogens (tertiary/aromatic N) is 1. The number of ether oxygens (including phenoxy) is 1. The number of hydrogen-bond donors (Lipinski definition) is 1. The Bertz CT molecular complexity index is 341. The van der Waals surface area contributed by atoms with Gasteiger partial charge in [-0.3, -0.25) is 4.79 Å². The van der Waals surface area contributed by atoms with Crippen LogP contribution in [0.4, 0.5) is 5.69 Å². The van der Waals surface area contributed by atoms with Crippen LogP contribution in [0.5, 0.6) is 0 Å². The van der Waals surface area contributed by atoms with Crippen LogP contribution in [0.2, 0.25) is 0 Å². The number of hydrogen-bond acceptors (Lipinski definition) is 3. The molecule has 4 nitrogen and oxygen atoms in total. The van der Waals surface area contributed by atoms with Crippen LogP contribution in [0.25, 0.3) is 0 Å². The van der Waals surface area contributed by atoms with E-state index in [0.29, 0.717) is 6.54 Å². The van der Waals surface area contributed by atoms with Gasteiger partial charge in [-0.25, -0.2) is 0 Å². The molecule has 1 aromatic rings. The van der Waals surface area contributed by atoms with Gasteiger partial charge >= 0.3 is 0 Å². The van der Waals surface area contributed by atoms with Crippen molar-refractivity contribution >= 4 is 11.6 Å². The zero-order chi connectivity index (χ0) is 12.7. The number of para-hydroxylation sites is 1. The van der Waals surface area contributed by atoms with E-state index in [1.165, 1.54) is 7.11 Å². The lowest BCUT2D eigenvalue weighted by Crippen LogP contribution is -2.38. The number of amides is 1. The van der Waals surface area contributed by atoms with Crippen LogP contribution in [0.1, 0.15) is 6.92 Å². The summed E-state index contributed by atoms with van der Waals surface area (Å²) in [6.07, 6.45) is -0.392. The highest BCUT2D eigenvalue weighted by Crippen LogP contribution is 2.09. The molecule has 1 aromatic carbocycles. The standard InChI is InChI=1S/C13H20N2O2/c1-11(17-3)13(16)14-9-10-15(2)12-7-5-4-6-8-12/h4-8,11H,9-10H2,1-3H3,(H,14,16). The van der Waals surface area contributed by atoms with Crippen molar-refractivity contribution in [2.45, 2.75) is 13.0 Å². The predicted molar refractivity (Wildman–Crippen MR) is 69.2 cm³/mol. The van der Waals surface area contributed by atoms with Gasteiger partial charge in [-0.05, 0) is 19.1 Å². The van der Waals surface area contributed by atoms with E-state index >= 15 is 0 Å². The molecule has 0 radical (unpaired) electrons. The molecule has 0 heterocycles. The normalized spacial score (nSPS) is 11.9. The third kappa shape index (κ3) is 4.44. The molecule has 17 heavy (non-hydrogen) atoms. The fourth-order valence-electron chi connectivity index (χ4n) is 1.41. The second-order valence-corrected chi connectivity index (χ2v) is 3.93. The highest BCUT2D eigenvalue weighted by atomic mass is 16.5. The highest BCUT2D eigenvalue weighted by Gasteiger charge is 2.10. The number of methoxy groups -OCH3 is 1. The van der Waals surface area contributed by atoms with Crippen LogP contribution < -0.4 is 10.2 Å². The zero-order valence-corrected chi connectivity index (χ0v) is 10.6. The molecule has 0 aromatic heterocycles. The first-order valence-corrected chi connectivity index (χ1v) is 5.72. The number of benzene rings is 1. The molecule has 0 fully saturated rings. The van der Waals surface area contributed by atoms with E-state index in [-0.39, 0.29) is 5.91 Å². The maximum absolute atomic E-state index is 11.4. The molecule has 0 bridgehead atoms. The summed E-state index contributed by atoms with van der Waals surface area (Å²) in [4.78, 5) is 13.5. The van der Waals surface area contributed by atoms with Crippen molar-refractivity contribution in [3.05, 3.63) is 30.3 Å². The van der Waals surface area contributed by atoms with Crippen LogP contribution in [-0.2, 0) is 9.53 Å². The average molecular weight is 236 g/mol. The fourth-order valence-corrected chi connectivity index (χ4v) is 1.41. The smallest absolute Gasteiger partial charge is 0.248 e. The largest absolute Gasteiger partial charge is 0.373 e. The van der Waals surface area contributed by atoms with Gasteiger partial charge in [0, 0.05) is 32.9 Å². The molecule has 0 aliphatic rings. The van der Waals surface area contributed by atoms with Gasteiger partial charge in [0.1, 0.15) is 6.10 Å². The molecule has 0 saturated carbocycles. The minimum absolute atomic E-state index is 0.0750. The first-order valence-electron chi connectivity index (χ1n) is 5.72. The minimum atomic E-state index is -0.392. The molecular formula is C13H20N2O2. The average Bonchev–Trinajstić information content (AvgIpc) is 2.38. The topological polar surface area (TPSA) is 41.6 Å². The van der Waals surface area contributed by atoms with Crippen molar-refractivity contribution in [1.29, 1.82) is 0 Å². The summed E-state index contributed by atoms with van der Waals surface area (Å²) in [5.41, 5.74) is 1.14. The highest BCUT2D eigenvalue weighted by molar-refractivity contribution is 5.80. The van der Waals surface area contributed by atoms with E-state index in [1.54, 1.807) is 6.92 Å². The fraction of sp³-hybridized carbons (Fsp3) is 0.462. The van der Waals surface area contributed by atoms with Gasteiger partial charge in [0.05, 0.1) is 0 Å². The Morgan fingerprint density at radius 3 is 2.65 bits per heavy atom. The van der Waals surface area contributed by atoms with E-state index in [4.69, 9.17) is 4.74 Å². The molecule has 94 valence electrons. The summed E-state index contributed by atoms with van der Waals surface area (Å²) in [6, 6.07) is 10.1. The molecule has 1 atom stereocenters. The third-order valence-electron chi connectivity index (χ3n) is 2.67. The second-order valence-electron chi connectivity index (χ2n) is 3.93. The van der Waals surface area contributed by atoms with E-state index in [1.807, 2.05) is 37.4 Å². The van der Waals surface area contributed by atoms with Gasteiger partial charge in [0.25, 0.3) is 0 Å². The number of likely N-dealkylation sites (N-methyl/N-ethyl adjacent to an activating group) is 1. The van der Waals surface area contributed by atoms with Gasteiger partial charge in [-0.2, -0.15) is 0 Å². The van der Waals surface area contributed by atoms with Crippen LogP contribution in [0, 0.1) is 0 Å². The van der Waals surface area contributed by atoms with Crippen molar-refractivity contribution < 1.29 is 9.53 Å². The summed E-state index contributed by atoms with van der Waals surface area (Å²) in [7, 11) is 3.53. The van der Waals surface area contributed by atoms with Crippen molar-refractivity contribution in [2.75, 3.05) is 32.1 Å². The molecular weight excluding hydrogens is 216 g/mol. The molecule has 0 saturated heterocycles. The third-order valence-corrected chi connectivity index (χ3v) is 2.67. The summed E-state index contributed by atoms with van der Waals surface area (Å²) in [5, 5.41) is 2.83. The van der Waals surface area contributed by atoms with Gasteiger partial charge in [-0.15, -0.1) is 0 Å². The number of anilines is 1. The number of rotatable bonds is 6. The summed E-state index contributed by atoms with van der Waals surface area (Å²) in [6.45, 7) is 3.11. The number of carbonyl (C=O) groups excluding carboxylic acids is 1. The van der Waals surface area contributed by atoms with Crippen molar-refractivity contribution in [3.8, 4) is 0 Å². The summed E-state index contributed by atoms with van der Waals surface area (Å²) >= 11 is 0.